The Morgan fingerprint density at radius 2 is 0.950 bits per heavy atom. The maximum Gasteiger partial charge on any atom is 0.0520 e. The number of hydrogen-bond donors (Lipinski definition) is 2. The van der Waals surface area contributed by atoms with E-state index in [9.17, 15) is 0 Å². The molecule has 1 heterocycles. The van der Waals surface area contributed by atoms with E-state index in [-0.39, 0.29) is 0 Å². The number of hydrogen-bond acceptors (Lipinski definition) is 2. The smallest absolute Gasteiger partial charge is 0.0520 e. The minimum atomic E-state index is 0.310. The van der Waals surface area contributed by atoms with Gasteiger partial charge in [0, 0.05) is 12.1 Å². The Hall–Kier alpha value is -1.64. The van der Waals surface area contributed by atoms with Crippen LogP contribution >= 0.6 is 0 Å². The summed E-state index contributed by atoms with van der Waals surface area (Å²) in [5.74, 6) is 0. The van der Waals surface area contributed by atoms with Gasteiger partial charge in [0.2, 0.25) is 0 Å². The lowest BCUT2D eigenvalue weighted by Gasteiger charge is -2.42. The summed E-state index contributed by atoms with van der Waals surface area (Å²) < 4.78 is 0. The number of piperazine rings is 1. The van der Waals surface area contributed by atoms with E-state index in [1.807, 2.05) is 0 Å². The molecule has 2 heteroatoms. The van der Waals surface area contributed by atoms with Crippen LogP contribution in [0.15, 0.2) is 60.7 Å². The zero-order valence-corrected chi connectivity index (χ0v) is 12.1. The summed E-state index contributed by atoms with van der Waals surface area (Å²) in [6.07, 6.45) is 0. The van der Waals surface area contributed by atoms with E-state index in [0.29, 0.717) is 24.2 Å². The summed E-state index contributed by atoms with van der Waals surface area (Å²) >= 11 is 0. The highest BCUT2D eigenvalue weighted by atomic mass is 15.1. The lowest BCUT2D eigenvalue weighted by atomic mass is 9.88. The van der Waals surface area contributed by atoms with Crippen molar-refractivity contribution in [2.45, 2.75) is 38.0 Å². The lowest BCUT2D eigenvalue weighted by Crippen LogP contribution is -2.56. The number of rotatable bonds is 2. The topological polar surface area (TPSA) is 24.1 Å². The van der Waals surface area contributed by atoms with Gasteiger partial charge in [0.15, 0.2) is 0 Å². The van der Waals surface area contributed by atoms with E-state index in [2.05, 4.69) is 85.1 Å². The van der Waals surface area contributed by atoms with Crippen LogP contribution in [-0.2, 0) is 0 Å². The van der Waals surface area contributed by atoms with E-state index in [1.54, 1.807) is 0 Å². The highest BCUT2D eigenvalue weighted by Gasteiger charge is 2.33. The standard InChI is InChI=1S/C18H22N2/c1-13-14(2)20-18(16-11-7-4-8-12-16)17(19-13)15-9-5-3-6-10-15/h3-14,17-20H,1-2H3/t13-,14-,17+,18+/m0/s1. The Bertz CT molecular complexity index is 486. The van der Waals surface area contributed by atoms with Crippen molar-refractivity contribution in [3.63, 3.8) is 0 Å². The molecule has 3 rings (SSSR count). The van der Waals surface area contributed by atoms with Gasteiger partial charge in [0.05, 0.1) is 12.1 Å². The molecule has 0 aliphatic carbocycles. The van der Waals surface area contributed by atoms with E-state index >= 15 is 0 Å². The lowest BCUT2D eigenvalue weighted by molar-refractivity contribution is 0.230. The van der Waals surface area contributed by atoms with Gasteiger partial charge in [-0.15, -0.1) is 0 Å². The molecule has 2 aromatic carbocycles. The molecule has 1 aliphatic rings. The van der Waals surface area contributed by atoms with Crippen molar-refractivity contribution in [3.8, 4) is 0 Å². The highest BCUT2D eigenvalue weighted by molar-refractivity contribution is 5.29. The van der Waals surface area contributed by atoms with Crippen molar-refractivity contribution in [3.05, 3.63) is 71.8 Å². The summed E-state index contributed by atoms with van der Waals surface area (Å²) in [6.45, 7) is 4.49. The third kappa shape index (κ3) is 2.62. The van der Waals surface area contributed by atoms with Crippen molar-refractivity contribution in [1.29, 1.82) is 0 Å². The molecule has 1 fully saturated rings. The first-order valence-electron chi connectivity index (χ1n) is 7.37. The Labute approximate surface area is 121 Å². The molecule has 1 saturated heterocycles. The first-order valence-corrected chi connectivity index (χ1v) is 7.37. The minimum Gasteiger partial charge on any atom is -0.304 e. The minimum absolute atomic E-state index is 0.310. The normalized spacial score (nSPS) is 30.1. The largest absolute Gasteiger partial charge is 0.304 e. The fourth-order valence-electron chi connectivity index (χ4n) is 2.95. The molecule has 2 nitrogen and oxygen atoms in total. The SMILES string of the molecule is C[C@@H]1N[C@H](c2ccccc2)[C@@H](c2ccccc2)N[C@H]1C. The van der Waals surface area contributed by atoms with Crippen LogP contribution in [0, 0.1) is 0 Å². The Balaban J connectivity index is 1.95. The first-order chi connectivity index (χ1) is 9.75. The average Bonchev–Trinajstić information content (AvgIpc) is 2.51. The summed E-state index contributed by atoms with van der Waals surface area (Å²) in [5.41, 5.74) is 2.68. The Morgan fingerprint density at radius 1 is 0.600 bits per heavy atom. The molecule has 1 aliphatic heterocycles. The maximum atomic E-state index is 3.77. The van der Waals surface area contributed by atoms with E-state index in [4.69, 9.17) is 0 Å². The van der Waals surface area contributed by atoms with E-state index in [0.717, 1.165) is 0 Å². The summed E-state index contributed by atoms with van der Waals surface area (Å²) in [5, 5.41) is 7.54. The van der Waals surface area contributed by atoms with Gasteiger partial charge in [0.25, 0.3) is 0 Å². The third-order valence-corrected chi connectivity index (χ3v) is 4.29. The summed E-state index contributed by atoms with van der Waals surface area (Å²) in [6, 6.07) is 23.0. The molecule has 0 unspecified atom stereocenters. The van der Waals surface area contributed by atoms with E-state index < -0.39 is 0 Å². The van der Waals surface area contributed by atoms with Crippen molar-refractivity contribution < 1.29 is 0 Å². The average molecular weight is 266 g/mol. The van der Waals surface area contributed by atoms with Crippen molar-refractivity contribution in [1.82, 2.24) is 10.6 Å². The molecule has 104 valence electrons. The van der Waals surface area contributed by atoms with Crippen LogP contribution in [0.3, 0.4) is 0 Å². The van der Waals surface area contributed by atoms with Gasteiger partial charge in [-0.3, -0.25) is 0 Å². The second kappa shape index (κ2) is 5.78. The predicted molar refractivity (Wildman–Crippen MR) is 83.6 cm³/mol. The molecule has 0 aromatic heterocycles. The molecule has 2 aromatic rings. The molecular weight excluding hydrogens is 244 g/mol. The van der Waals surface area contributed by atoms with Gasteiger partial charge in [-0.05, 0) is 25.0 Å². The van der Waals surface area contributed by atoms with Gasteiger partial charge < -0.3 is 10.6 Å². The highest BCUT2D eigenvalue weighted by Crippen LogP contribution is 2.32. The molecule has 0 amide bonds. The Kier molecular flexibility index (Phi) is 3.86. The molecular formula is C18H22N2. The quantitative estimate of drug-likeness (QED) is 0.870. The van der Waals surface area contributed by atoms with Crippen LogP contribution in [0.2, 0.25) is 0 Å². The maximum absolute atomic E-state index is 3.77. The molecule has 0 radical (unpaired) electrons. The van der Waals surface area contributed by atoms with Crippen molar-refractivity contribution >= 4 is 0 Å². The van der Waals surface area contributed by atoms with E-state index in [1.165, 1.54) is 11.1 Å². The molecule has 0 saturated carbocycles. The summed E-state index contributed by atoms with van der Waals surface area (Å²) in [4.78, 5) is 0. The molecule has 4 atom stereocenters. The number of benzene rings is 2. The van der Waals surface area contributed by atoms with Crippen molar-refractivity contribution in [2.75, 3.05) is 0 Å². The number of nitrogens with one attached hydrogen (secondary N) is 2. The van der Waals surface area contributed by atoms with Crippen LogP contribution in [0.25, 0.3) is 0 Å². The predicted octanol–water partition coefficient (Wildman–Crippen LogP) is 3.44. The van der Waals surface area contributed by atoms with Crippen molar-refractivity contribution in [2.24, 2.45) is 0 Å². The van der Waals surface area contributed by atoms with Gasteiger partial charge in [-0.25, -0.2) is 0 Å². The van der Waals surface area contributed by atoms with Gasteiger partial charge in [-0.2, -0.15) is 0 Å². The van der Waals surface area contributed by atoms with Gasteiger partial charge in [-0.1, -0.05) is 60.7 Å². The molecule has 2 N–H and O–H groups in total. The molecule has 20 heavy (non-hydrogen) atoms. The summed E-state index contributed by atoms with van der Waals surface area (Å²) in [7, 11) is 0. The van der Waals surface area contributed by atoms with Gasteiger partial charge >= 0.3 is 0 Å². The van der Waals surface area contributed by atoms with Crippen LogP contribution < -0.4 is 10.6 Å². The zero-order valence-electron chi connectivity index (χ0n) is 12.1. The molecule has 0 bridgehead atoms. The van der Waals surface area contributed by atoms with Crippen LogP contribution in [0.4, 0.5) is 0 Å². The monoisotopic (exact) mass is 266 g/mol. The zero-order chi connectivity index (χ0) is 13.9. The van der Waals surface area contributed by atoms with Crippen LogP contribution in [0.1, 0.15) is 37.1 Å². The second-order valence-corrected chi connectivity index (χ2v) is 5.69. The van der Waals surface area contributed by atoms with Crippen LogP contribution in [0.5, 0.6) is 0 Å². The Morgan fingerprint density at radius 3 is 1.30 bits per heavy atom. The molecule has 0 spiro atoms. The third-order valence-electron chi connectivity index (χ3n) is 4.29. The fraction of sp³-hybridized carbons (Fsp3) is 0.333. The first kappa shape index (κ1) is 13.3. The van der Waals surface area contributed by atoms with Gasteiger partial charge in [0.1, 0.15) is 0 Å². The fourth-order valence-corrected chi connectivity index (χ4v) is 2.95. The van der Waals surface area contributed by atoms with Crippen LogP contribution in [-0.4, -0.2) is 12.1 Å². The second-order valence-electron chi connectivity index (χ2n) is 5.69.